The van der Waals surface area contributed by atoms with Gasteiger partial charge in [-0.3, -0.25) is 14.6 Å². The van der Waals surface area contributed by atoms with Gasteiger partial charge in [-0.15, -0.1) is 0 Å². The van der Waals surface area contributed by atoms with Gasteiger partial charge in [0.05, 0.1) is 59.1 Å². The van der Waals surface area contributed by atoms with Crippen molar-refractivity contribution in [2.24, 2.45) is 28.8 Å². The number of aromatic hydroxyl groups is 3. The second-order valence-electron chi connectivity index (χ2n) is 15.5. The SMILES string of the molecule is CO[C@H]1/C=C/O[C@@]2(C)Oc3c(C)c(O)c4c(O)c(c(/C=N\N5CCN(C)CC5)c(O)c4c3C2=O)NC(=O)/C(C)=C\C=C\[C@@H](C)[C@H](O)[C@@H](C)[C@H](O)[C@@H](C)[C@H](O)[C@@H]1C. The van der Waals surface area contributed by atoms with Crippen molar-refractivity contribution in [3.63, 3.8) is 0 Å². The number of aliphatic hydroxyl groups is 3. The molecule has 7 N–H and O–H groups in total. The topological polar surface area (TPSA) is 214 Å². The number of carbonyl (C=O) groups excluding carboxylic acids is 2. The van der Waals surface area contributed by atoms with Gasteiger partial charge in [-0.1, -0.05) is 45.9 Å². The predicted octanol–water partition coefficient (Wildman–Crippen LogP) is 3.76. The molecule has 0 aliphatic carbocycles. The molecule has 2 aromatic carbocycles. The number of fused-ring (bicyclic) bond motifs is 14. The molecule has 15 heteroatoms. The largest absolute Gasteiger partial charge is 0.507 e. The van der Waals surface area contributed by atoms with E-state index in [1.807, 2.05) is 7.05 Å². The second-order valence-corrected chi connectivity index (χ2v) is 15.5. The summed E-state index contributed by atoms with van der Waals surface area (Å²) in [4.78, 5) is 30.1. The third-order valence-electron chi connectivity index (χ3n) is 11.6. The number of hydrogen-bond acceptors (Lipinski definition) is 14. The summed E-state index contributed by atoms with van der Waals surface area (Å²) in [5, 5.41) is 77.6. The van der Waals surface area contributed by atoms with Gasteiger partial charge in [0.1, 0.15) is 17.2 Å². The molecule has 4 aliphatic heterocycles. The average Bonchev–Trinajstić information content (AvgIpc) is 3.44. The van der Waals surface area contributed by atoms with Gasteiger partial charge in [0.25, 0.3) is 11.7 Å². The summed E-state index contributed by atoms with van der Waals surface area (Å²) in [5.74, 6) is -7.59. The first kappa shape index (κ1) is 42.5. The number of allylic oxidation sites excluding steroid dienone is 2. The van der Waals surface area contributed by atoms with Gasteiger partial charge in [0.2, 0.25) is 0 Å². The van der Waals surface area contributed by atoms with Crippen LogP contribution in [0.4, 0.5) is 5.69 Å². The summed E-state index contributed by atoms with van der Waals surface area (Å²) >= 11 is 0. The molecule has 1 fully saturated rings. The van der Waals surface area contributed by atoms with Gasteiger partial charge in [0, 0.05) is 80.4 Å². The molecule has 15 nitrogen and oxygen atoms in total. The summed E-state index contributed by atoms with van der Waals surface area (Å²) in [6, 6.07) is 0. The Balaban J connectivity index is 1.70. The summed E-state index contributed by atoms with van der Waals surface area (Å²) in [6.07, 6.45) is 4.79. The molecule has 4 heterocycles. The molecule has 0 aromatic heterocycles. The zero-order chi connectivity index (χ0) is 41.4. The van der Waals surface area contributed by atoms with Crippen LogP contribution in [0.15, 0.2) is 41.2 Å². The first-order valence-electron chi connectivity index (χ1n) is 18.9. The molecular formula is C41H56N4O11. The van der Waals surface area contributed by atoms with E-state index in [1.54, 1.807) is 44.9 Å². The Morgan fingerprint density at radius 3 is 2.16 bits per heavy atom. The lowest BCUT2D eigenvalue weighted by Crippen LogP contribution is -2.44. The minimum atomic E-state index is -2.01. The van der Waals surface area contributed by atoms with Crippen molar-refractivity contribution in [3.05, 3.63) is 52.8 Å². The van der Waals surface area contributed by atoms with Gasteiger partial charge in [0.15, 0.2) is 5.75 Å². The van der Waals surface area contributed by atoms with Gasteiger partial charge >= 0.3 is 5.79 Å². The molecule has 0 radical (unpaired) electrons. The summed E-state index contributed by atoms with van der Waals surface area (Å²) in [5.41, 5.74) is -0.290. The minimum absolute atomic E-state index is 0.0688. The number of nitrogens with one attached hydrogen (secondary N) is 1. The quantitative estimate of drug-likeness (QED) is 0.134. The first-order valence-corrected chi connectivity index (χ1v) is 18.9. The van der Waals surface area contributed by atoms with Crippen molar-refractivity contribution >= 4 is 34.4 Å². The number of carbonyl (C=O) groups is 2. The zero-order valence-electron chi connectivity index (χ0n) is 33.5. The van der Waals surface area contributed by atoms with Crippen molar-refractivity contribution in [3.8, 4) is 23.0 Å². The fraction of sp³-hybridized carbons (Fsp3) is 0.537. The standard InChI is InChI=1S/C41H56N4O11/c1-20-11-10-12-21(2)40(53)43-31-26(19-42-45-16-14-44(8)15-17-45)36(50)28-29(37(31)51)35(49)25(6)38-30(28)39(52)41(7,56-38)55-18-13-27(54-9)22(3)33(47)24(5)34(48)23(4)32(20)46/h10-13,18-20,22-24,27,32-34,46-51H,14-17H2,1-9H3,(H,43,53)/b11-10+,18-13+,21-12-,42-19-/t20-,22-,23-,24+,27+,32+,33-,34+,41+/m1/s1. The molecular weight excluding hydrogens is 724 g/mol. The summed E-state index contributed by atoms with van der Waals surface area (Å²) in [6.45, 7) is 13.8. The van der Waals surface area contributed by atoms with Gasteiger partial charge < -0.3 is 55.1 Å². The molecule has 0 saturated carbocycles. The number of ether oxygens (including phenoxy) is 3. The van der Waals surface area contributed by atoms with Crippen molar-refractivity contribution in [2.45, 2.75) is 78.7 Å². The molecule has 306 valence electrons. The van der Waals surface area contributed by atoms with Gasteiger partial charge in [-0.05, 0) is 27.0 Å². The number of benzene rings is 2. The second kappa shape index (κ2) is 16.8. The molecule has 9 atom stereocenters. The van der Waals surface area contributed by atoms with E-state index in [4.69, 9.17) is 14.2 Å². The van der Waals surface area contributed by atoms with E-state index < -0.39 is 82.8 Å². The van der Waals surface area contributed by atoms with Crippen LogP contribution in [0.5, 0.6) is 23.0 Å². The molecule has 5 bridgehead atoms. The average molecular weight is 781 g/mol. The Morgan fingerprint density at radius 2 is 1.52 bits per heavy atom. The van der Waals surface area contributed by atoms with Crippen LogP contribution in [-0.4, -0.2) is 129 Å². The third kappa shape index (κ3) is 7.96. The van der Waals surface area contributed by atoms with E-state index in [-0.39, 0.29) is 44.5 Å². The number of likely N-dealkylation sites (N-methyl/N-ethyl adjacent to an activating group) is 1. The van der Waals surface area contributed by atoms with Crippen LogP contribution in [0.3, 0.4) is 0 Å². The smallest absolute Gasteiger partial charge is 0.312 e. The number of amides is 1. The maximum atomic E-state index is 14.3. The lowest BCUT2D eigenvalue weighted by Gasteiger charge is -2.36. The fourth-order valence-electron chi connectivity index (χ4n) is 7.53. The molecule has 1 amide bonds. The zero-order valence-corrected chi connectivity index (χ0v) is 33.5. The number of rotatable bonds is 3. The Hall–Kier alpha value is -4.67. The van der Waals surface area contributed by atoms with Crippen LogP contribution in [0.25, 0.3) is 10.8 Å². The minimum Gasteiger partial charge on any atom is -0.507 e. The number of phenols is 3. The van der Waals surface area contributed by atoms with E-state index in [0.29, 0.717) is 13.1 Å². The van der Waals surface area contributed by atoms with Crippen molar-refractivity contribution < 1.29 is 54.4 Å². The number of ketones is 1. The highest BCUT2D eigenvalue weighted by atomic mass is 16.7. The van der Waals surface area contributed by atoms with Crippen LogP contribution in [0.1, 0.15) is 63.0 Å². The van der Waals surface area contributed by atoms with E-state index in [2.05, 4.69) is 15.3 Å². The molecule has 2 aromatic rings. The number of phenolic OH excluding ortho intramolecular Hbond substituents is 3. The lowest BCUT2D eigenvalue weighted by atomic mass is 9.78. The molecule has 1 saturated heterocycles. The normalized spacial score (nSPS) is 33.3. The Bertz CT molecular complexity index is 1950. The van der Waals surface area contributed by atoms with Crippen molar-refractivity contribution in [1.82, 2.24) is 9.91 Å². The van der Waals surface area contributed by atoms with E-state index in [0.717, 1.165) is 13.1 Å². The monoisotopic (exact) mass is 780 g/mol. The number of piperazine rings is 1. The highest BCUT2D eigenvalue weighted by Crippen LogP contribution is 2.55. The molecule has 6 rings (SSSR count). The van der Waals surface area contributed by atoms with Crippen LogP contribution in [-0.2, 0) is 14.3 Å². The number of hydrogen-bond donors (Lipinski definition) is 7. The van der Waals surface area contributed by atoms with Crippen LogP contribution < -0.4 is 10.1 Å². The predicted molar refractivity (Wildman–Crippen MR) is 211 cm³/mol. The Labute approximate surface area is 327 Å². The highest BCUT2D eigenvalue weighted by molar-refractivity contribution is 6.23. The van der Waals surface area contributed by atoms with E-state index in [1.165, 1.54) is 52.5 Å². The fourth-order valence-corrected chi connectivity index (χ4v) is 7.53. The maximum absolute atomic E-state index is 14.3. The van der Waals surface area contributed by atoms with Gasteiger partial charge in [-0.25, -0.2) is 0 Å². The van der Waals surface area contributed by atoms with Crippen LogP contribution >= 0.6 is 0 Å². The van der Waals surface area contributed by atoms with Crippen LogP contribution in [0, 0.1) is 30.6 Å². The maximum Gasteiger partial charge on any atom is 0.312 e. The van der Waals surface area contributed by atoms with Gasteiger partial charge in [-0.2, -0.15) is 5.10 Å². The molecule has 56 heavy (non-hydrogen) atoms. The summed E-state index contributed by atoms with van der Waals surface area (Å²) < 4.78 is 17.7. The number of Topliss-reactive ketones (excluding diaryl/α,β-unsaturated/α-hetero) is 1. The molecule has 4 aliphatic rings. The molecule has 0 spiro atoms. The number of aliphatic hydroxyl groups excluding tert-OH is 3. The number of nitrogens with zero attached hydrogens (tertiary/aromatic N) is 3. The van der Waals surface area contributed by atoms with E-state index >= 15 is 0 Å². The lowest BCUT2D eigenvalue weighted by molar-refractivity contribution is -0.112. The molecule has 0 unspecified atom stereocenters. The van der Waals surface area contributed by atoms with Crippen LogP contribution in [0.2, 0.25) is 0 Å². The van der Waals surface area contributed by atoms with Crippen molar-refractivity contribution in [1.29, 1.82) is 0 Å². The third-order valence-corrected chi connectivity index (χ3v) is 11.6. The number of methoxy groups -OCH3 is 1. The Morgan fingerprint density at radius 1 is 0.893 bits per heavy atom. The number of hydrazone groups is 1. The number of anilines is 1. The Kier molecular flexibility index (Phi) is 12.8. The van der Waals surface area contributed by atoms with Crippen molar-refractivity contribution in [2.75, 3.05) is 45.7 Å². The summed E-state index contributed by atoms with van der Waals surface area (Å²) in [7, 11) is 3.43. The van der Waals surface area contributed by atoms with E-state index in [9.17, 15) is 40.2 Å². The first-order chi connectivity index (χ1) is 26.3. The highest BCUT2D eigenvalue weighted by Gasteiger charge is 2.50.